The van der Waals surface area contributed by atoms with E-state index >= 15 is 0 Å². The first-order valence-corrected chi connectivity index (χ1v) is 6.69. The number of carbonyl (C=O) groups is 1. The number of anilines is 1. The van der Waals surface area contributed by atoms with Gasteiger partial charge in [-0.15, -0.1) is 0 Å². The lowest BCUT2D eigenvalue weighted by atomic mass is 9.54. The van der Waals surface area contributed by atoms with Gasteiger partial charge in [0, 0.05) is 31.8 Å². The van der Waals surface area contributed by atoms with Crippen LogP contribution in [0.15, 0.2) is 12.5 Å². The van der Waals surface area contributed by atoms with Crippen molar-refractivity contribution in [3.05, 3.63) is 18.1 Å². The van der Waals surface area contributed by atoms with E-state index in [4.69, 9.17) is 10.5 Å². The van der Waals surface area contributed by atoms with Crippen molar-refractivity contribution in [3.63, 3.8) is 0 Å². The van der Waals surface area contributed by atoms with E-state index in [0.29, 0.717) is 0 Å². The molecule has 1 amide bonds. The lowest BCUT2D eigenvalue weighted by molar-refractivity contribution is -0.337. The quantitative estimate of drug-likeness (QED) is 0.888. The van der Waals surface area contributed by atoms with Gasteiger partial charge in [0.2, 0.25) is 0 Å². The van der Waals surface area contributed by atoms with Gasteiger partial charge >= 0.3 is 6.18 Å². The van der Waals surface area contributed by atoms with Crippen molar-refractivity contribution in [2.24, 2.45) is 5.41 Å². The van der Waals surface area contributed by atoms with Gasteiger partial charge in [-0.25, -0.2) is 9.97 Å². The van der Waals surface area contributed by atoms with Gasteiger partial charge < -0.3 is 15.4 Å². The Morgan fingerprint density at radius 3 is 2.55 bits per heavy atom. The number of carbonyl (C=O) groups excluding carboxylic acids is 1. The predicted molar refractivity (Wildman–Crippen MR) is 69.8 cm³/mol. The summed E-state index contributed by atoms with van der Waals surface area (Å²) in [6, 6.07) is 0. The van der Waals surface area contributed by atoms with Crippen molar-refractivity contribution in [2.75, 3.05) is 25.9 Å². The Kier molecular flexibility index (Phi) is 3.10. The van der Waals surface area contributed by atoms with Gasteiger partial charge in [0.1, 0.15) is 12.1 Å². The molecular formula is C13H15F3N4O2. The molecule has 9 heteroatoms. The third kappa shape index (κ3) is 2.03. The van der Waals surface area contributed by atoms with Crippen molar-refractivity contribution in [3.8, 4) is 0 Å². The zero-order chi connectivity index (χ0) is 16.2. The topological polar surface area (TPSA) is 81.3 Å². The molecular weight excluding hydrogens is 301 g/mol. The number of hydrogen-bond acceptors (Lipinski definition) is 5. The zero-order valence-electron chi connectivity index (χ0n) is 11.9. The average Bonchev–Trinajstić information content (AvgIpc) is 2.35. The first kappa shape index (κ1) is 15.0. The molecule has 2 heterocycles. The third-order valence-corrected chi connectivity index (χ3v) is 4.54. The van der Waals surface area contributed by atoms with Crippen LogP contribution in [0.4, 0.5) is 19.0 Å². The average molecular weight is 316 g/mol. The van der Waals surface area contributed by atoms with Gasteiger partial charge in [-0.3, -0.25) is 4.79 Å². The van der Waals surface area contributed by atoms with Gasteiger partial charge in [0.15, 0.2) is 5.60 Å². The summed E-state index contributed by atoms with van der Waals surface area (Å²) in [4.78, 5) is 21.1. The summed E-state index contributed by atoms with van der Waals surface area (Å²) in [6.45, 7) is 0.530. The van der Waals surface area contributed by atoms with E-state index in [1.165, 1.54) is 17.4 Å². The maximum absolute atomic E-state index is 13.0. The number of halogens is 3. The highest BCUT2D eigenvalue weighted by molar-refractivity contribution is 5.98. The number of alkyl halides is 3. The Hall–Kier alpha value is -1.90. The fourth-order valence-corrected chi connectivity index (χ4v) is 3.43. The highest BCUT2D eigenvalue weighted by atomic mass is 19.4. The van der Waals surface area contributed by atoms with E-state index in [0.717, 1.165) is 7.11 Å². The SMILES string of the molecule is COC1(C(F)(F)F)CC2(CN(C(=O)c3cncnc3N)C2)C1. The highest BCUT2D eigenvalue weighted by Crippen LogP contribution is 2.61. The number of methoxy groups -OCH3 is 1. The van der Waals surface area contributed by atoms with Crippen molar-refractivity contribution >= 4 is 11.7 Å². The van der Waals surface area contributed by atoms with Crippen molar-refractivity contribution in [1.82, 2.24) is 14.9 Å². The van der Waals surface area contributed by atoms with E-state index in [-0.39, 0.29) is 43.2 Å². The zero-order valence-corrected chi connectivity index (χ0v) is 11.9. The lowest BCUT2D eigenvalue weighted by Gasteiger charge is -2.63. The molecule has 2 aliphatic rings. The molecule has 22 heavy (non-hydrogen) atoms. The molecule has 2 fully saturated rings. The summed E-state index contributed by atoms with van der Waals surface area (Å²) < 4.78 is 43.7. The minimum absolute atomic E-state index is 0.0658. The van der Waals surface area contributed by atoms with Gasteiger partial charge in [-0.05, 0) is 12.8 Å². The van der Waals surface area contributed by atoms with Crippen LogP contribution >= 0.6 is 0 Å². The van der Waals surface area contributed by atoms with Crippen LogP contribution in [0.1, 0.15) is 23.2 Å². The molecule has 1 aromatic heterocycles. The molecule has 0 radical (unpaired) electrons. The van der Waals surface area contributed by atoms with Crippen LogP contribution in [0, 0.1) is 5.41 Å². The largest absolute Gasteiger partial charge is 0.417 e. The molecule has 6 nitrogen and oxygen atoms in total. The fraction of sp³-hybridized carbons (Fsp3) is 0.615. The number of nitrogen functional groups attached to an aromatic ring is 1. The normalized spacial score (nSPS) is 22.1. The molecule has 0 atom stereocenters. The molecule has 1 aliphatic carbocycles. The second-order valence-corrected chi connectivity index (χ2v) is 6.03. The summed E-state index contributed by atoms with van der Waals surface area (Å²) in [5.41, 5.74) is 3.20. The van der Waals surface area contributed by atoms with Crippen LogP contribution in [0.25, 0.3) is 0 Å². The second-order valence-electron chi connectivity index (χ2n) is 6.03. The van der Waals surface area contributed by atoms with E-state index in [1.807, 2.05) is 0 Å². The smallest absolute Gasteiger partial charge is 0.383 e. The number of likely N-dealkylation sites (tertiary alicyclic amines) is 1. The fourth-order valence-electron chi connectivity index (χ4n) is 3.43. The molecule has 1 aliphatic heterocycles. The van der Waals surface area contributed by atoms with Crippen LogP contribution in [0.2, 0.25) is 0 Å². The molecule has 1 spiro atoms. The summed E-state index contributed by atoms with van der Waals surface area (Å²) in [5.74, 6) is -0.290. The number of rotatable bonds is 2. The lowest BCUT2D eigenvalue weighted by Crippen LogP contribution is -2.73. The minimum Gasteiger partial charge on any atom is -0.383 e. The molecule has 2 N–H and O–H groups in total. The molecule has 1 saturated carbocycles. The second kappa shape index (κ2) is 4.55. The van der Waals surface area contributed by atoms with Gasteiger partial charge in [-0.1, -0.05) is 0 Å². The van der Waals surface area contributed by atoms with Gasteiger partial charge in [0.25, 0.3) is 5.91 Å². The summed E-state index contributed by atoms with van der Waals surface area (Å²) >= 11 is 0. The van der Waals surface area contributed by atoms with E-state index in [9.17, 15) is 18.0 Å². The van der Waals surface area contributed by atoms with Crippen molar-refractivity contribution in [2.45, 2.75) is 24.6 Å². The monoisotopic (exact) mass is 316 g/mol. The van der Waals surface area contributed by atoms with E-state index < -0.39 is 17.2 Å². The minimum atomic E-state index is -4.39. The molecule has 1 saturated heterocycles. The van der Waals surface area contributed by atoms with Crippen LogP contribution in [-0.2, 0) is 4.74 Å². The van der Waals surface area contributed by atoms with Crippen LogP contribution in [-0.4, -0.2) is 52.8 Å². The van der Waals surface area contributed by atoms with Crippen LogP contribution in [0.3, 0.4) is 0 Å². The number of amides is 1. The van der Waals surface area contributed by atoms with Gasteiger partial charge in [-0.2, -0.15) is 13.2 Å². The van der Waals surface area contributed by atoms with Gasteiger partial charge in [0.05, 0.1) is 5.56 Å². The van der Waals surface area contributed by atoms with Crippen LogP contribution in [0.5, 0.6) is 0 Å². The molecule has 3 rings (SSSR count). The number of ether oxygens (including phenoxy) is 1. The van der Waals surface area contributed by atoms with E-state index in [2.05, 4.69) is 9.97 Å². The Balaban J connectivity index is 1.64. The molecule has 120 valence electrons. The Labute approximate surface area is 124 Å². The Morgan fingerprint density at radius 2 is 2.05 bits per heavy atom. The Morgan fingerprint density at radius 1 is 1.41 bits per heavy atom. The number of hydrogen-bond donors (Lipinski definition) is 1. The molecule has 0 bridgehead atoms. The highest BCUT2D eigenvalue weighted by Gasteiger charge is 2.71. The maximum Gasteiger partial charge on any atom is 0.417 e. The number of nitrogens with zero attached hydrogens (tertiary/aromatic N) is 3. The summed E-state index contributed by atoms with van der Waals surface area (Å²) in [5, 5.41) is 0. The Bertz CT molecular complexity index is 606. The predicted octanol–water partition coefficient (Wildman–Crippen LogP) is 1.24. The van der Waals surface area contributed by atoms with E-state index in [1.54, 1.807) is 0 Å². The third-order valence-electron chi connectivity index (χ3n) is 4.54. The first-order chi connectivity index (χ1) is 10.2. The van der Waals surface area contributed by atoms with Crippen LogP contribution < -0.4 is 5.73 Å². The molecule has 0 unspecified atom stereocenters. The molecule has 1 aromatic rings. The number of nitrogens with two attached hydrogens (primary N) is 1. The maximum atomic E-state index is 13.0. The molecule has 0 aromatic carbocycles. The van der Waals surface area contributed by atoms with Crippen molar-refractivity contribution < 1.29 is 22.7 Å². The summed E-state index contributed by atoms with van der Waals surface area (Å²) in [6.07, 6.45) is -2.10. The first-order valence-electron chi connectivity index (χ1n) is 6.69. The standard InChI is InChI=1S/C13H15F3N4O2/c1-22-12(13(14,15)16)3-11(4-12)5-20(6-11)10(21)8-2-18-7-19-9(8)17/h2,7H,3-6H2,1H3,(H2,17,18,19). The number of aromatic nitrogens is 2. The van der Waals surface area contributed by atoms with Crippen molar-refractivity contribution in [1.29, 1.82) is 0 Å². The summed E-state index contributed by atoms with van der Waals surface area (Å²) in [7, 11) is 1.07.